The lowest BCUT2D eigenvalue weighted by molar-refractivity contribution is -0.110. The predicted octanol–water partition coefficient (Wildman–Crippen LogP) is 4.91. The molecule has 0 atom stereocenters. The van der Waals surface area contributed by atoms with E-state index in [0.717, 1.165) is 78.1 Å². The van der Waals surface area contributed by atoms with Crippen LogP contribution in [0, 0.1) is 0 Å². The van der Waals surface area contributed by atoms with E-state index in [0.29, 0.717) is 17.4 Å². The minimum absolute atomic E-state index is 0.106. The van der Waals surface area contributed by atoms with Gasteiger partial charge >= 0.3 is 0 Å². The largest absolute Gasteiger partial charge is 0.382 e. The van der Waals surface area contributed by atoms with Gasteiger partial charge in [0.25, 0.3) is 5.91 Å². The standard InChI is InChI=1S/C31H34N6O/c1-36(2)18-19-37-16-14-22(15-17-37)32-23-12-13-25-24(20-23)29(31(38)35-25)28(21-8-4-3-5-9-21)30-33-26-10-6-7-11-27(26)34-30/h3-13,20,22,32H,14-19H2,1-2H3,(H,33,34)(H,35,38)/b29-28-. The van der Waals surface area contributed by atoms with Gasteiger partial charge < -0.3 is 25.4 Å². The summed E-state index contributed by atoms with van der Waals surface area (Å²) in [4.78, 5) is 26.6. The Kier molecular flexibility index (Phi) is 6.70. The molecule has 6 rings (SSSR count). The second-order valence-electron chi connectivity index (χ2n) is 10.5. The molecule has 0 bridgehead atoms. The van der Waals surface area contributed by atoms with E-state index in [-0.39, 0.29) is 5.91 Å². The minimum Gasteiger partial charge on any atom is -0.382 e. The summed E-state index contributed by atoms with van der Waals surface area (Å²) >= 11 is 0. The molecule has 0 aliphatic carbocycles. The number of imidazole rings is 1. The molecule has 1 aromatic heterocycles. The highest BCUT2D eigenvalue weighted by molar-refractivity contribution is 6.38. The summed E-state index contributed by atoms with van der Waals surface area (Å²) in [6, 6.07) is 24.6. The number of rotatable bonds is 7. The molecule has 38 heavy (non-hydrogen) atoms. The molecule has 0 radical (unpaired) electrons. The second-order valence-corrected chi connectivity index (χ2v) is 10.5. The molecule has 4 aromatic rings. The van der Waals surface area contributed by atoms with E-state index in [1.165, 1.54) is 0 Å². The molecule has 3 heterocycles. The lowest BCUT2D eigenvalue weighted by Gasteiger charge is -2.33. The van der Waals surface area contributed by atoms with Crippen molar-refractivity contribution in [3.8, 4) is 0 Å². The molecule has 0 unspecified atom stereocenters. The van der Waals surface area contributed by atoms with Crippen molar-refractivity contribution in [2.75, 3.05) is 50.9 Å². The molecule has 1 fully saturated rings. The number of nitrogens with one attached hydrogen (secondary N) is 3. The van der Waals surface area contributed by atoms with Crippen LogP contribution in [-0.2, 0) is 4.79 Å². The molecule has 0 saturated carbocycles. The summed E-state index contributed by atoms with van der Waals surface area (Å²) in [5.74, 6) is 0.588. The fourth-order valence-electron chi connectivity index (χ4n) is 5.46. The number of hydrogen-bond acceptors (Lipinski definition) is 5. The van der Waals surface area contributed by atoms with Crippen molar-refractivity contribution < 1.29 is 4.79 Å². The number of amides is 1. The lowest BCUT2D eigenvalue weighted by Crippen LogP contribution is -2.41. The molecule has 3 aromatic carbocycles. The summed E-state index contributed by atoms with van der Waals surface area (Å²) < 4.78 is 0. The number of hydrogen-bond donors (Lipinski definition) is 3. The Bertz CT molecular complexity index is 1450. The summed E-state index contributed by atoms with van der Waals surface area (Å²) in [6.07, 6.45) is 2.22. The van der Waals surface area contributed by atoms with Crippen LogP contribution in [0.5, 0.6) is 0 Å². The number of anilines is 2. The Morgan fingerprint density at radius 3 is 2.55 bits per heavy atom. The van der Waals surface area contributed by atoms with Crippen molar-refractivity contribution in [1.82, 2.24) is 19.8 Å². The highest BCUT2D eigenvalue weighted by atomic mass is 16.2. The molecule has 1 amide bonds. The molecule has 2 aliphatic rings. The van der Waals surface area contributed by atoms with Gasteiger partial charge in [0.1, 0.15) is 5.82 Å². The predicted molar refractivity (Wildman–Crippen MR) is 155 cm³/mol. The quantitative estimate of drug-likeness (QED) is 0.311. The smallest absolute Gasteiger partial charge is 0.257 e. The average molecular weight is 507 g/mol. The number of nitrogens with zero attached hydrogens (tertiary/aromatic N) is 3. The van der Waals surface area contributed by atoms with Crippen LogP contribution in [0.4, 0.5) is 11.4 Å². The van der Waals surface area contributed by atoms with Crippen molar-refractivity contribution in [2.45, 2.75) is 18.9 Å². The number of carbonyl (C=O) groups is 1. The van der Waals surface area contributed by atoms with Crippen LogP contribution in [0.15, 0.2) is 72.8 Å². The monoisotopic (exact) mass is 506 g/mol. The van der Waals surface area contributed by atoms with E-state index in [1.807, 2.05) is 60.7 Å². The van der Waals surface area contributed by atoms with Gasteiger partial charge in [-0.2, -0.15) is 0 Å². The highest BCUT2D eigenvalue weighted by Gasteiger charge is 2.30. The maximum atomic E-state index is 13.4. The van der Waals surface area contributed by atoms with Gasteiger partial charge in [-0.25, -0.2) is 4.98 Å². The van der Waals surface area contributed by atoms with E-state index in [2.05, 4.69) is 51.6 Å². The number of para-hydroxylation sites is 2. The van der Waals surface area contributed by atoms with Crippen LogP contribution < -0.4 is 10.6 Å². The van der Waals surface area contributed by atoms with Crippen LogP contribution in [0.25, 0.3) is 22.2 Å². The van der Waals surface area contributed by atoms with Crippen molar-refractivity contribution in [3.05, 3.63) is 89.7 Å². The van der Waals surface area contributed by atoms with Crippen LogP contribution >= 0.6 is 0 Å². The van der Waals surface area contributed by atoms with E-state index in [1.54, 1.807) is 0 Å². The maximum absolute atomic E-state index is 13.4. The number of H-pyrrole nitrogens is 1. The van der Waals surface area contributed by atoms with Gasteiger partial charge in [0.2, 0.25) is 0 Å². The van der Waals surface area contributed by atoms with Gasteiger partial charge in [-0.3, -0.25) is 4.79 Å². The van der Waals surface area contributed by atoms with Gasteiger partial charge in [-0.1, -0.05) is 42.5 Å². The molecule has 7 nitrogen and oxygen atoms in total. The third-order valence-electron chi connectivity index (χ3n) is 7.52. The molecule has 7 heteroatoms. The van der Waals surface area contributed by atoms with E-state index in [4.69, 9.17) is 4.98 Å². The number of fused-ring (bicyclic) bond motifs is 2. The van der Waals surface area contributed by atoms with E-state index >= 15 is 0 Å². The lowest BCUT2D eigenvalue weighted by atomic mass is 9.94. The molecule has 2 aliphatic heterocycles. The van der Waals surface area contributed by atoms with Gasteiger partial charge in [-0.15, -0.1) is 0 Å². The molecule has 0 spiro atoms. The Morgan fingerprint density at radius 1 is 1.03 bits per heavy atom. The van der Waals surface area contributed by atoms with E-state index < -0.39 is 0 Å². The first kappa shape index (κ1) is 24.4. The Labute approximate surface area is 223 Å². The molecule has 194 valence electrons. The van der Waals surface area contributed by atoms with E-state index in [9.17, 15) is 4.79 Å². The maximum Gasteiger partial charge on any atom is 0.257 e. The zero-order chi connectivity index (χ0) is 26.1. The van der Waals surface area contributed by atoms with Gasteiger partial charge in [0.15, 0.2) is 0 Å². The number of carbonyl (C=O) groups excluding carboxylic acids is 1. The van der Waals surface area contributed by atoms with Gasteiger partial charge in [0, 0.05) is 54.7 Å². The number of benzene rings is 3. The first-order chi connectivity index (χ1) is 18.5. The fraction of sp³-hybridized carbons (Fsp3) is 0.290. The summed E-state index contributed by atoms with van der Waals surface area (Å²) in [5.41, 5.74) is 7.01. The first-order valence-electron chi connectivity index (χ1n) is 13.4. The van der Waals surface area contributed by atoms with Gasteiger partial charge in [-0.05, 0) is 62.8 Å². The normalized spacial score (nSPS) is 17.6. The highest BCUT2D eigenvalue weighted by Crippen LogP contribution is 2.41. The first-order valence-corrected chi connectivity index (χ1v) is 13.4. The third kappa shape index (κ3) is 4.95. The summed E-state index contributed by atoms with van der Waals surface area (Å²) in [5, 5.41) is 6.83. The SMILES string of the molecule is CN(C)CCN1CCC(Nc2ccc3c(c2)/C(=C(\c2ccccc2)c2nc4ccccc4[nH]2)C(=O)N3)CC1. The van der Waals surface area contributed by atoms with Crippen molar-refractivity contribution in [3.63, 3.8) is 0 Å². The third-order valence-corrected chi connectivity index (χ3v) is 7.52. The van der Waals surface area contributed by atoms with Crippen LogP contribution in [0.1, 0.15) is 29.8 Å². The Hall–Kier alpha value is -3.94. The number of likely N-dealkylation sites (N-methyl/N-ethyl adjacent to an activating group) is 1. The number of piperidine rings is 1. The van der Waals surface area contributed by atoms with Crippen molar-refractivity contribution >= 4 is 39.5 Å². The Morgan fingerprint density at radius 2 is 1.79 bits per heavy atom. The van der Waals surface area contributed by atoms with Crippen LogP contribution in [-0.4, -0.2) is 72.0 Å². The van der Waals surface area contributed by atoms with Gasteiger partial charge in [0.05, 0.1) is 16.6 Å². The fourth-order valence-corrected chi connectivity index (χ4v) is 5.46. The zero-order valence-electron chi connectivity index (χ0n) is 22.0. The summed E-state index contributed by atoms with van der Waals surface area (Å²) in [7, 11) is 4.25. The van der Waals surface area contributed by atoms with Crippen molar-refractivity contribution in [1.29, 1.82) is 0 Å². The van der Waals surface area contributed by atoms with Crippen molar-refractivity contribution in [2.24, 2.45) is 0 Å². The minimum atomic E-state index is -0.106. The number of aromatic nitrogens is 2. The number of aromatic amines is 1. The molecule has 1 saturated heterocycles. The topological polar surface area (TPSA) is 76.3 Å². The second kappa shape index (κ2) is 10.4. The Balaban J connectivity index is 1.33. The molecule has 3 N–H and O–H groups in total. The summed E-state index contributed by atoms with van der Waals surface area (Å²) in [6.45, 7) is 4.41. The van der Waals surface area contributed by atoms with Crippen LogP contribution in [0.3, 0.4) is 0 Å². The van der Waals surface area contributed by atoms with Crippen LogP contribution in [0.2, 0.25) is 0 Å². The average Bonchev–Trinajstić information content (AvgIpc) is 3.50. The molecular formula is C31H34N6O. The number of likely N-dealkylation sites (tertiary alicyclic amines) is 1. The molecular weight excluding hydrogens is 472 g/mol. The zero-order valence-corrected chi connectivity index (χ0v) is 22.0.